The lowest BCUT2D eigenvalue weighted by atomic mass is 10.5. The minimum absolute atomic E-state index is 0.116. The molecule has 0 unspecified atom stereocenters. The third-order valence-electron chi connectivity index (χ3n) is 1.55. The minimum atomic E-state index is -2.58. The molecule has 15 heavy (non-hydrogen) atoms. The smallest absolute Gasteiger partial charge is 0.371 e. The van der Waals surface area contributed by atoms with Gasteiger partial charge in [-0.25, -0.2) is 0 Å². The molecule has 0 amide bonds. The number of hydrogen-bond acceptors (Lipinski definition) is 3. The highest BCUT2D eigenvalue weighted by atomic mass is 28.4. The average molecular weight is 233 g/mol. The highest BCUT2D eigenvalue weighted by Gasteiger charge is 2.42. The van der Waals surface area contributed by atoms with Gasteiger partial charge in [-0.1, -0.05) is 6.92 Å². The first kappa shape index (κ1) is 15.1. The quantitative estimate of drug-likeness (QED) is 0.633. The first-order chi connectivity index (χ1) is 6.81. The second-order valence-corrected chi connectivity index (χ2v) is 6.88. The van der Waals surface area contributed by atoms with Crippen molar-refractivity contribution in [1.29, 1.82) is 0 Å². The Labute approximate surface area is 95.5 Å². The summed E-state index contributed by atoms with van der Waals surface area (Å²) in [6.45, 7) is 13.9. The van der Waals surface area contributed by atoms with Gasteiger partial charge < -0.3 is 13.3 Å². The number of hydrogen-bond donors (Lipinski definition) is 0. The fraction of sp³-hybridized carbons (Fsp3) is 0.909. The van der Waals surface area contributed by atoms with Gasteiger partial charge in [0.25, 0.3) is 0 Å². The van der Waals surface area contributed by atoms with Crippen molar-refractivity contribution in [3.8, 4) is 0 Å². The van der Waals surface area contributed by atoms with Crippen LogP contribution in [0.5, 0.6) is 0 Å². The summed E-state index contributed by atoms with van der Waals surface area (Å²) in [6, 6.07) is 1.95. The van der Waals surface area contributed by atoms with E-state index in [2.05, 4.69) is 0 Å². The summed E-state index contributed by atoms with van der Waals surface area (Å²) in [6.07, 6.45) is 0.348. The molecular formula is C11H25O3Si. The highest BCUT2D eigenvalue weighted by molar-refractivity contribution is 6.64. The molecule has 0 atom stereocenters. The topological polar surface area (TPSA) is 27.7 Å². The molecule has 0 rings (SSSR count). The van der Waals surface area contributed by atoms with Crippen LogP contribution in [-0.2, 0) is 13.3 Å². The van der Waals surface area contributed by atoms with E-state index in [1.54, 1.807) is 0 Å². The molecule has 91 valence electrons. The van der Waals surface area contributed by atoms with E-state index in [9.17, 15) is 0 Å². The summed E-state index contributed by atoms with van der Waals surface area (Å²) in [4.78, 5) is 0. The first-order valence-electron chi connectivity index (χ1n) is 5.65. The lowest BCUT2D eigenvalue weighted by Gasteiger charge is -2.33. The van der Waals surface area contributed by atoms with Crippen LogP contribution in [0.15, 0.2) is 0 Å². The van der Waals surface area contributed by atoms with Gasteiger partial charge in [0.15, 0.2) is 0 Å². The molecule has 0 aromatic heterocycles. The SMILES string of the molecule is C[CH][Si](OC(C)C)(OC(C)C)OC(C)C. The van der Waals surface area contributed by atoms with Gasteiger partial charge in [0.05, 0.1) is 0 Å². The molecule has 0 aliphatic heterocycles. The van der Waals surface area contributed by atoms with Crippen molar-refractivity contribution in [1.82, 2.24) is 0 Å². The normalized spacial score (nSPS) is 13.2. The Bertz CT molecular complexity index is 143. The van der Waals surface area contributed by atoms with Crippen LogP contribution in [-0.4, -0.2) is 27.1 Å². The van der Waals surface area contributed by atoms with Gasteiger partial charge in [0, 0.05) is 24.4 Å². The predicted molar refractivity (Wildman–Crippen MR) is 64.4 cm³/mol. The fourth-order valence-corrected chi connectivity index (χ4v) is 3.82. The van der Waals surface area contributed by atoms with E-state index in [0.29, 0.717) is 0 Å². The third kappa shape index (κ3) is 6.30. The molecule has 0 fully saturated rings. The molecular weight excluding hydrogens is 208 g/mol. The van der Waals surface area contributed by atoms with E-state index in [0.717, 1.165) is 0 Å². The van der Waals surface area contributed by atoms with Crippen LogP contribution < -0.4 is 0 Å². The van der Waals surface area contributed by atoms with Gasteiger partial charge in [-0.15, -0.1) is 0 Å². The van der Waals surface area contributed by atoms with E-state index in [1.165, 1.54) is 0 Å². The van der Waals surface area contributed by atoms with Crippen molar-refractivity contribution in [2.45, 2.75) is 66.8 Å². The molecule has 0 aliphatic carbocycles. The zero-order valence-electron chi connectivity index (χ0n) is 11.0. The molecule has 0 N–H and O–H groups in total. The zero-order valence-corrected chi connectivity index (χ0v) is 12.0. The Kier molecular flexibility index (Phi) is 6.67. The van der Waals surface area contributed by atoms with Crippen molar-refractivity contribution < 1.29 is 13.3 Å². The molecule has 0 heterocycles. The third-order valence-corrected chi connectivity index (χ3v) is 4.66. The van der Waals surface area contributed by atoms with Gasteiger partial charge in [-0.2, -0.15) is 0 Å². The van der Waals surface area contributed by atoms with E-state index >= 15 is 0 Å². The summed E-state index contributed by atoms with van der Waals surface area (Å²) in [5, 5.41) is 0. The Morgan fingerprint density at radius 3 is 1.13 bits per heavy atom. The molecule has 0 aromatic carbocycles. The van der Waals surface area contributed by atoms with Crippen LogP contribution in [0.3, 0.4) is 0 Å². The van der Waals surface area contributed by atoms with Gasteiger partial charge in [0.1, 0.15) is 0 Å². The van der Waals surface area contributed by atoms with Crippen molar-refractivity contribution in [3.05, 3.63) is 6.04 Å². The Balaban J connectivity index is 4.59. The molecule has 0 spiro atoms. The lowest BCUT2D eigenvalue weighted by Crippen LogP contribution is -2.51. The van der Waals surface area contributed by atoms with Crippen molar-refractivity contribution in [2.75, 3.05) is 0 Å². The van der Waals surface area contributed by atoms with Crippen molar-refractivity contribution >= 4 is 8.80 Å². The molecule has 0 bridgehead atoms. The maximum Gasteiger partial charge on any atom is 0.504 e. The average Bonchev–Trinajstić information content (AvgIpc) is 1.99. The van der Waals surface area contributed by atoms with E-state index < -0.39 is 8.80 Å². The monoisotopic (exact) mass is 233 g/mol. The molecule has 0 aliphatic rings. The van der Waals surface area contributed by atoms with Gasteiger partial charge in [0.2, 0.25) is 0 Å². The van der Waals surface area contributed by atoms with Crippen LogP contribution in [0.1, 0.15) is 48.5 Å². The van der Waals surface area contributed by atoms with Gasteiger partial charge >= 0.3 is 8.80 Å². The predicted octanol–water partition coefficient (Wildman–Crippen LogP) is 2.96. The van der Waals surface area contributed by atoms with E-state index in [-0.39, 0.29) is 18.3 Å². The largest absolute Gasteiger partial charge is 0.504 e. The summed E-state index contributed by atoms with van der Waals surface area (Å²) < 4.78 is 17.5. The molecule has 3 nitrogen and oxygen atoms in total. The van der Waals surface area contributed by atoms with Gasteiger partial charge in [-0.05, 0) is 41.5 Å². The zero-order chi connectivity index (χ0) is 12.1. The van der Waals surface area contributed by atoms with Crippen LogP contribution in [0.4, 0.5) is 0 Å². The van der Waals surface area contributed by atoms with Gasteiger partial charge in [-0.3, -0.25) is 0 Å². The Morgan fingerprint density at radius 2 is 1.00 bits per heavy atom. The van der Waals surface area contributed by atoms with Crippen LogP contribution in [0.2, 0.25) is 0 Å². The second-order valence-electron chi connectivity index (χ2n) is 4.39. The summed E-state index contributed by atoms with van der Waals surface area (Å²) in [5.41, 5.74) is 0. The van der Waals surface area contributed by atoms with Crippen LogP contribution in [0.25, 0.3) is 0 Å². The standard InChI is InChI=1S/C11H25O3Si/c1-8-15(12-9(2)3,13-10(4)5)14-11(6)7/h8-11H,1-7H3. The highest BCUT2D eigenvalue weighted by Crippen LogP contribution is 2.19. The summed E-state index contributed by atoms with van der Waals surface area (Å²) in [5.74, 6) is 0. The molecule has 0 saturated carbocycles. The maximum atomic E-state index is 5.85. The van der Waals surface area contributed by atoms with Crippen molar-refractivity contribution in [2.24, 2.45) is 0 Å². The first-order valence-corrected chi connectivity index (χ1v) is 7.45. The Morgan fingerprint density at radius 1 is 0.733 bits per heavy atom. The summed E-state index contributed by atoms with van der Waals surface area (Å²) >= 11 is 0. The molecule has 0 saturated heterocycles. The number of rotatable bonds is 7. The van der Waals surface area contributed by atoms with Crippen LogP contribution >= 0.6 is 0 Å². The Hall–Kier alpha value is 0.0969. The molecule has 1 radical (unpaired) electrons. The van der Waals surface area contributed by atoms with E-state index in [4.69, 9.17) is 13.3 Å². The molecule has 4 heteroatoms. The van der Waals surface area contributed by atoms with Crippen LogP contribution in [0, 0.1) is 6.04 Å². The maximum absolute atomic E-state index is 5.85. The lowest BCUT2D eigenvalue weighted by molar-refractivity contribution is 0.0101. The second kappa shape index (κ2) is 6.63. The summed E-state index contributed by atoms with van der Waals surface area (Å²) in [7, 11) is -2.58. The minimum Gasteiger partial charge on any atom is -0.371 e. The molecule has 0 aromatic rings. The van der Waals surface area contributed by atoms with E-state index in [1.807, 2.05) is 54.5 Å². The van der Waals surface area contributed by atoms with Crippen molar-refractivity contribution in [3.63, 3.8) is 0 Å². The fourth-order valence-electron chi connectivity index (χ4n) is 1.27.